The van der Waals surface area contributed by atoms with Gasteiger partial charge in [-0.2, -0.15) is 0 Å². The molecule has 0 unspecified atom stereocenters. The minimum absolute atomic E-state index is 0.0670. The maximum absolute atomic E-state index is 5.60. The maximum atomic E-state index is 5.60. The van der Waals surface area contributed by atoms with Gasteiger partial charge in [0, 0.05) is 54.7 Å². The molecule has 0 aromatic heterocycles. The Bertz CT molecular complexity index is 237. The molecular formula is C13H32O6Si2. The second kappa shape index (κ2) is 9.36. The molecule has 0 aliphatic rings. The Labute approximate surface area is 131 Å². The Morgan fingerprint density at radius 3 is 0.952 bits per heavy atom. The van der Waals surface area contributed by atoms with Crippen LogP contribution in [0.25, 0.3) is 0 Å². The summed E-state index contributed by atoms with van der Waals surface area (Å²) >= 11 is 0. The quantitative estimate of drug-likeness (QED) is 0.509. The predicted octanol–water partition coefficient (Wildman–Crippen LogP) is 2.55. The third-order valence-electron chi connectivity index (χ3n) is 4.55. The van der Waals surface area contributed by atoms with E-state index >= 15 is 0 Å². The normalized spacial score (nSPS) is 13.7. The van der Waals surface area contributed by atoms with Gasteiger partial charge in [0.1, 0.15) is 0 Å². The lowest BCUT2D eigenvalue weighted by Crippen LogP contribution is -2.52. The Morgan fingerprint density at radius 1 is 0.571 bits per heavy atom. The van der Waals surface area contributed by atoms with Crippen LogP contribution in [-0.2, 0) is 26.6 Å². The molecule has 6 nitrogen and oxygen atoms in total. The molecule has 0 amide bonds. The van der Waals surface area contributed by atoms with Crippen molar-refractivity contribution in [2.45, 2.75) is 38.8 Å². The van der Waals surface area contributed by atoms with Gasteiger partial charge >= 0.3 is 17.6 Å². The van der Waals surface area contributed by atoms with Gasteiger partial charge in [0.15, 0.2) is 0 Å². The molecule has 0 radical (unpaired) electrons. The maximum Gasteiger partial charge on any atom is 0.500 e. The van der Waals surface area contributed by atoms with Crippen molar-refractivity contribution in [2.24, 2.45) is 5.41 Å². The van der Waals surface area contributed by atoms with E-state index in [2.05, 4.69) is 13.8 Å². The minimum Gasteiger partial charge on any atom is -0.377 e. The Morgan fingerprint density at radius 2 is 0.810 bits per heavy atom. The zero-order valence-corrected chi connectivity index (χ0v) is 16.8. The van der Waals surface area contributed by atoms with Gasteiger partial charge in [0.25, 0.3) is 0 Å². The van der Waals surface area contributed by atoms with Crippen LogP contribution in [0.4, 0.5) is 0 Å². The van der Waals surface area contributed by atoms with Crippen LogP contribution >= 0.6 is 0 Å². The van der Waals surface area contributed by atoms with Gasteiger partial charge in [-0.25, -0.2) is 0 Å². The Balaban J connectivity index is 5.42. The van der Waals surface area contributed by atoms with E-state index in [1.54, 1.807) is 42.7 Å². The molecule has 8 heteroatoms. The molecule has 0 aliphatic heterocycles. The largest absolute Gasteiger partial charge is 0.500 e. The van der Waals surface area contributed by atoms with Crippen LogP contribution in [0.3, 0.4) is 0 Å². The van der Waals surface area contributed by atoms with Crippen molar-refractivity contribution < 1.29 is 26.6 Å². The first-order valence-corrected chi connectivity index (χ1v) is 11.1. The average molecular weight is 341 g/mol. The summed E-state index contributed by atoms with van der Waals surface area (Å²) in [6.07, 6.45) is 1.89. The highest BCUT2D eigenvalue weighted by atomic mass is 28.4. The summed E-state index contributed by atoms with van der Waals surface area (Å²) < 4.78 is 33.6. The minimum atomic E-state index is -2.68. The molecule has 0 spiro atoms. The van der Waals surface area contributed by atoms with Crippen LogP contribution in [0, 0.1) is 5.41 Å². The molecule has 21 heavy (non-hydrogen) atoms. The first-order valence-electron chi connectivity index (χ1n) is 7.21. The van der Waals surface area contributed by atoms with Crippen molar-refractivity contribution in [3.8, 4) is 0 Å². The van der Waals surface area contributed by atoms with Gasteiger partial charge in [-0.15, -0.1) is 0 Å². The molecule has 0 heterocycles. The predicted molar refractivity (Wildman–Crippen MR) is 86.2 cm³/mol. The molecule has 0 bridgehead atoms. The average Bonchev–Trinajstić information content (AvgIpc) is 2.57. The van der Waals surface area contributed by atoms with Crippen LogP contribution in [0.5, 0.6) is 0 Å². The summed E-state index contributed by atoms with van der Waals surface area (Å²) in [5.74, 6) is 0. The van der Waals surface area contributed by atoms with Crippen LogP contribution < -0.4 is 0 Å². The molecule has 0 aliphatic carbocycles. The fraction of sp³-hybridized carbons (Fsp3) is 1.00. The van der Waals surface area contributed by atoms with Crippen LogP contribution in [0.2, 0.25) is 12.1 Å². The molecule has 0 saturated heterocycles. The summed E-state index contributed by atoms with van der Waals surface area (Å²) in [5.41, 5.74) is -0.0670. The zero-order valence-electron chi connectivity index (χ0n) is 14.8. The van der Waals surface area contributed by atoms with Gasteiger partial charge in [0.2, 0.25) is 0 Å². The van der Waals surface area contributed by atoms with Crippen molar-refractivity contribution >= 4 is 17.6 Å². The van der Waals surface area contributed by atoms with Gasteiger partial charge in [-0.3, -0.25) is 0 Å². The molecule has 128 valence electrons. The van der Waals surface area contributed by atoms with Crippen molar-refractivity contribution in [3.63, 3.8) is 0 Å². The lowest BCUT2D eigenvalue weighted by Gasteiger charge is -2.41. The van der Waals surface area contributed by atoms with Crippen LogP contribution in [0.15, 0.2) is 0 Å². The zero-order chi connectivity index (χ0) is 16.6. The fourth-order valence-electron chi connectivity index (χ4n) is 2.66. The Hall–Kier alpha value is 0.194. The molecular weight excluding hydrogens is 308 g/mol. The first-order chi connectivity index (χ1) is 9.90. The number of hydrogen-bond donors (Lipinski definition) is 0. The standard InChI is InChI=1S/C13H32O6Si2/c1-9-13(10-2,11-20(14-3,15-4)16-5)12-21(17-6,18-7)19-8/h9-12H2,1-8H3. The highest BCUT2D eigenvalue weighted by Crippen LogP contribution is 2.44. The van der Waals surface area contributed by atoms with E-state index in [1.807, 2.05) is 0 Å². The van der Waals surface area contributed by atoms with Crippen LogP contribution in [0.1, 0.15) is 26.7 Å². The SMILES string of the molecule is CCC(CC)(C[Si](OC)(OC)OC)C[Si](OC)(OC)OC. The number of hydrogen-bond acceptors (Lipinski definition) is 6. The second-order valence-corrected chi connectivity index (χ2v) is 11.0. The first kappa shape index (κ1) is 21.2. The van der Waals surface area contributed by atoms with Crippen molar-refractivity contribution in [3.05, 3.63) is 0 Å². The molecule has 0 N–H and O–H groups in total. The fourth-order valence-corrected chi connectivity index (χ4v) is 7.87. The van der Waals surface area contributed by atoms with Gasteiger partial charge < -0.3 is 26.6 Å². The van der Waals surface area contributed by atoms with E-state index in [1.165, 1.54) is 0 Å². The second-order valence-electron chi connectivity index (χ2n) is 5.15. The van der Waals surface area contributed by atoms with E-state index in [0.29, 0.717) is 12.1 Å². The monoisotopic (exact) mass is 340 g/mol. The van der Waals surface area contributed by atoms with Gasteiger partial charge in [-0.05, 0) is 5.41 Å². The summed E-state index contributed by atoms with van der Waals surface area (Å²) in [6, 6.07) is 1.42. The summed E-state index contributed by atoms with van der Waals surface area (Å²) in [7, 11) is 4.50. The van der Waals surface area contributed by atoms with E-state index in [0.717, 1.165) is 12.8 Å². The highest BCUT2D eigenvalue weighted by Gasteiger charge is 2.52. The molecule has 0 fully saturated rings. The third-order valence-corrected chi connectivity index (χ3v) is 10.6. The lowest BCUT2D eigenvalue weighted by molar-refractivity contribution is 0.0855. The Kier molecular flexibility index (Phi) is 9.45. The molecule has 0 atom stereocenters. The lowest BCUT2D eigenvalue weighted by atomic mass is 9.87. The van der Waals surface area contributed by atoms with Crippen molar-refractivity contribution in [2.75, 3.05) is 42.7 Å². The van der Waals surface area contributed by atoms with Gasteiger partial charge in [-0.1, -0.05) is 26.7 Å². The van der Waals surface area contributed by atoms with E-state index in [9.17, 15) is 0 Å². The summed E-state index contributed by atoms with van der Waals surface area (Å²) in [4.78, 5) is 0. The smallest absolute Gasteiger partial charge is 0.377 e. The van der Waals surface area contributed by atoms with Crippen molar-refractivity contribution in [1.82, 2.24) is 0 Å². The van der Waals surface area contributed by atoms with E-state index in [4.69, 9.17) is 26.6 Å². The third kappa shape index (κ3) is 5.10. The van der Waals surface area contributed by atoms with Crippen LogP contribution in [-0.4, -0.2) is 60.3 Å². The summed E-state index contributed by atoms with van der Waals surface area (Å²) in [5, 5.41) is 0. The topological polar surface area (TPSA) is 55.4 Å². The van der Waals surface area contributed by atoms with Crippen molar-refractivity contribution in [1.29, 1.82) is 0 Å². The molecule has 0 rings (SSSR count). The van der Waals surface area contributed by atoms with E-state index in [-0.39, 0.29) is 5.41 Å². The molecule has 0 saturated carbocycles. The highest BCUT2D eigenvalue weighted by molar-refractivity contribution is 6.62. The van der Waals surface area contributed by atoms with E-state index < -0.39 is 17.6 Å². The summed E-state index contributed by atoms with van der Waals surface area (Å²) in [6.45, 7) is 4.31. The number of rotatable bonds is 12. The molecule has 0 aromatic carbocycles. The molecule has 0 aromatic rings. The van der Waals surface area contributed by atoms with Gasteiger partial charge in [0.05, 0.1) is 0 Å².